The summed E-state index contributed by atoms with van der Waals surface area (Å²) in [6.45, 7) is 26.2. The van der Waals surface area contributed by atoms with Crippen LogP contribution < -0.4 is 37.2 Å². The van der Waals surface area contributed by atoms with Crippen molar-refractivity contribution in [3.05, 3.63) is 181 Å². The molecular formula is C136H244Cl3N3O8. The smallest absolute Gasteiger partial charge is 0.306 e. The van der Waals surface area contributed by atoms with Gasteiger partial charge in [0.2, 0.25) is 0 Å². The van der Waals surface area contributed by atoms with Gasteiger partial charge in [0.05, 0.1) is 55.1 Å². The van der Waals surface area contributed by atoms with Crippen molar-refractivity contribution in [1.82, 2.24) is 0 Å². The molecule has 2 atom stereocenters. The van der Waals surface area contributed by atoms with Gasteiger partial charge in [-0.2, -0.15) is 0 Å². The third-order valence-corrected chi connectivity index (χ3v) is 29.0. The van der Waals surface area contributed by atoms with E-state index in [9.17, 15) is 9.59 Å². The van der Waals surface area contributed by atoms with Crippen LogP contribution in [0.3, 0.4) is 0 Å². The van der Waals surface area contributed by atoms with E-state index in [2.05, 4.69) is 235 Å². The van der Waals surface area contributed by atoms with Crippen molar-refractivity contribution in [2.24, 2.45) is 0 Å². The van der Waals surface area contributed by atoms with Crippen LogP contribution in [0.25, 0.3) is 0 Å². The lowest BCUT2D eigenvalue weighted by Crippen LogP contribution is -3.00. The molecule has 0 radical (unpaired) electrons. The molecular weight excluding hydrogens is 1910 g/mol. The molecule has 11 nitrogen and oxygen atoms in total. The Morgan fingerprint density at radius 3 is 0.727 bits per heavy atom. The Hall–Kier alpha value is -4.37. The highest BCUT2D eigenvalue weighted by Crippen LogP contribution is 2.23. The van der Waals surface area contributed by atoms with Crippen molar-refractivity contribution in [1.29, 1.82) is 0 Å². The minimum absolute atomic E-state index is 0. The van der Waals surface area contributed by atoms with Crippen LogP contribution in [0, 0.1) is 0 Å². The molecule has 2 unspecified atom stereocenters. The van der Waals surface area contributed by atoms with E-state index in [1.54, 1.807) is 0 Å². The molecule has 14 heteroatoms. The summed E-state index contributed by atoms with van der Waals surface area (Å²) >= 11 is 0. The molecule has 150 heavy (non-hydrogen) atoms. The van der Waals surface area contributed by atoms with E-state index in [4.69, 9.17) is 28.4 Å². The normalized spacial score (nSPS) is 12.3. The second kappa shape index (κ2) is 119. The van der Waals surface area contributed by atoms with Gasteiger partial charge in [0.1, 0.15) is 58.5 Å². The third kappa shape index (κ3) is 110. The van der Waals surface area contributed by atoms with Gasteiger partial charge >= 0.3 is 11.9 Å². The molecule has 0 aliphatic rings. The van der Waals surface area contributed by atoms with Gasteiger partial charge in [-0.3, -0.25) is 9.59 Å². The molecule has 0 bridgehead atoms. The maximum atomic E-state index is 12.9. The van der Waals surface area contributed by atoms with Gasteiger partial charge in [-0.1, -0.05) is 488 Å². The molecule has 0 amide bonds. The van der Waals surface area contributed by atoms with Crippen molar-refractivity contribution in [2.75, 3.05) is 114 Å². The predicted octanol–water partition coefficient (Wildman–Crippen LogP) is 31.2. The number of unbranched alkanes of at least 4 members (excludes halogenated alkanes) is 62. The van der Waals surface area contributed by atoms with E-state index in [0.29, 0.717) is 30.5 Å². The minimum atomic E-state index is -0.458. The SMILES string of the molecule is CCCCCCCC/C=C\CCCCCCC(=O)OCC(C[N+](C)(C)Cc1ccccc1)OC(=O)CCCCCC/C=C\CCCCCCCC.CCCCCCCC/C=C\CCCCCCCOCC[N+](C)(CCOCCCCCCC/C=C\CCCCCCCC)Cc1ccccc1.CCCCCCCC/C=C\CCCCCCOCC(C[N+](C)(C)Cc1ccccc1)OCCCCCC/C=C\CCCCCCCC.[Cl-].[Cl-].[Cl-]. The van der Waals surface area contributed by atoms with Crippen LogP contribution in [-0.2, 0) is 57.6 Å². The zero-order chi connectivity index (χ0) is 106. The Labute approximate surface area is 950 Å². The van der Waals surface area contributed by atoms with Crippen LogP contribution >= 0.6 is 0 Å². The first-order valence-electron chi connectivity index (χ1n) is 63.3. The third-order valence-electron chi connectivity index (χ3n) is 29.0. The largest absolute Gasteiger partial charge is 1.00 e. The molecule has 0 aromatic heterocycles. The predicted molar refractivity (Wildman–Crippen MR) is 643 cm³/mol. The highest BCUT2D eigenvalue weighted by Gasteiger charge is 2.29. The lowest BCUT2D eigenvalue weighted by molar-refractivity contribution is -0.923. The number of ether oxygens (including phenoxy) is 6. The molecule has 0 saturated carbocycles. The van der Waals surface area contributed by atoms with Gasteiger partial charge in [0.15, 0.2) is 6.10 Å². The van der Waals surface area contributed by atoms with E-state index in [0.717, 1.165) is 152 Å². The molecule has 0 spiro atoms. The molecule has 3 rings (SSSR count). The van der Waals surface area contributed by atoms with Crippen molar-refractivity contribution in [2.45, 2.75) is 561 Å². The number of esters is 2. The molecule has 3 aromatic rings. The Bertz CT molecular complexity index is 3320. The molecule has 0 saturated heterocycles. The van der Waals surface area contributed by atoms with Gasteiger partial charge in [-0.25, -0.2) is 0 Å². The van der Waals surface area contributed by atoms with E-state index in [1.165, 1.54) is 428 Å². The fraction of sp³-hybridized carbons (Fsp3) is 0.765. The number of halogens is 3. The molecule has 0 aliphatic heterocycles. The number of hydrogen-bond acceptors (Lipinski definition) is 8. The van der Waals surface area contributed by atoms with E-state index < -0.39 is 6.10 Å². The van der Waals surface area contributed by atoms with Gasteiger partial charge in [0.25, 0.3) is 0 Å². The maximum absolute atomic E-state index is 12.9. The number of allylic oxidation sites excluding steroid dienone is 12. The van der Waals surface area contributed by atoms with Crippen LogP contribution in [0.1, 0.15) is 546 Å². The summed E-state index contributed by atoms with van der Waals surface area (Å²) in [5.41, 5.74) is 4.02. The summed E-state index contributed by atoms with van der Waals surface area (Å²) in [4.78, 5) is 25.5. The van der Waals surface area contributed by atoms with Crippen LogP contribution in [0.2, 0.25) is 0 Å². The first-order chi connectivity index (χ1) is 72.1. The average molecular weight is 2160 g/mol. The number of carbonyl (C=O) groups excluding carboxylic acids is 2. The van der Waals surface area contributed by atoms with Gasteiger partial charge < -0.3 is 79.1 Å². The summed E-state index contributed by atoms with van der Waals surface area (Å²) in [5, 5.41) is 0. The highest BCUT2D eigenvalue weighted by atomic mass is 35.5. The maximum Gasteiger partial charge on any atom is 0.306 e. The van der Waals surface area contributed by atoms with Crippen molar-refractivity contribution in [3.8, 4) is 0 Å². The summed E-state index contributed by atoms with van der Waals surface area (Å²) in [6.07, 6.45) is 125. The minimum Gasteiger partial charge on any atom is -1.00 e. The number of rotatable bonds is 108. The van der Waals surface area contributed by atoms with Crippen LogP contribution in [0.5, 0.6) is 0 Å². The topological polar surface area (TPSA) is 89.5 Å². The Kier molecular flexibility index (Phi) is 118. The monoisotopic (exact) mass is 2150 g/mol. The van der Waals surface area contributed by atoms with E-state index in [-0.39, 0.29) is 61.9 Å². The van der Waals surface area contributed by atoms with E-state index in [1.807, 2.05) is 6.07 Å². The Morgan fingerprint density at radius 2 is 0.453 bits per heavy atom. The molecule has 3 aromatic carbocycles. The quantitative estimate of drug-likeness (QED) is 0.0239. The summed E-state index contributed by atoms with van der Waals surface area (Å²) in [7, 11) is 11.3. The first-order valence-corrected chi connectivity index (χ1v) is 63.3. The second-order valence-corrected chi connectivity index (χ2v) is 45.4. The molecule has 0 fully saturated rings. The van der Waals surface area contributed by atoms with E-state index >= 15 is 0 Å². The number of carbonyl (C=O) groups is 2. The molecule has 0 aliphatic carbocycles. The molecule has 0 N–H and O–H groups in total. The molecule has 872 valence electrons. The van der Waals surface area contributed by atoms with Crippen molar-refractivity contribution >= 4 is 11.9 Å². The fourth-order valence-corrected chi connectivity index (χ4v) is 19.7. The average Bonchev–Trinajstić information content (AvgIpc) is 0.875. The Balaban J connectivity index is -0.00000214. The number of nitrogens with zero attached hydrogens (tertiary/aromatic N) is 3. The lowest BCUT2D eigenvalue weighted by atomic mass is 10.1. The number of likely N-dealkylation sites (N-methyl/N-ethyl adjacent to an activating group) is 3. The highest BCUT2D eigenvalue weighted by molar-refractivity contribution is 5.70. The van der Waals surface area contributed by atoms with Crippen LogP contribution in [0.4, 0.5) is 0 Å². The zero-order valence-corrected chi connectivity index (χ0v) is 103. The zero-order valence-electron chi connectivity index (χ0n) is 100. The van der Waals surface area contributed by atoms with Gasteiger partial charge in [-0.15, -0.1) is 0 Å². The standard InChI is InChI=1S/C46H80NO4.C46H84NO2.C44H80NO2.3ClH/c1-5-7-9-11-13-15-17-19-21-23-25-27-29-34-38-45(48)50-42-44(41-47(3,4)40-43-36-32-31-33-37-43)51-46(49)39-35-30-28-26-24-22-20-18-16-14-12-10-8-6-2;1-4-6-8-10-12-14-16-18-20-22-24-26-28-30-35-41-48-43-39-47(3,45-46-37-33-32-34-38-46)40-44-49-42-36-31-29-27-25-23-21-19-17-15-13-11-9-7-5-2;1-5-7-9-11-13-15-17-19-21-23-25-27-29-34-38-46-42-44(41-45(3,4)40-43-36-32-31-33-37-43)47-39-35-30-28-26-24-22-20-18-16-14-12-10-8-6-2;;;/h19-22,31-33,36-37,44H,5-18,23-30,34-35,38-42H2,1-4H3;18-21,32-34,37-38H,4-17,22-31,35-36,39-45H2,1-3H3;19-22,31-33,36-37,44H,5-18,23-30,34-35,38-42H2,1-4H3;3*1H/q3*+1;;;/p-3/b21-19-,22-20-;20-18-,21-19-;21-19-,22-20-;;;. The van der Waals surface area contributed by atoms with Gasteiger partial charge in [-0.05, 0) is 193 Å². The second-order valence-electron chi connectivity index (χ2n) is 45.4. The summed E-state index contributed by atoms with van der Waals surface area (Å²) in [5.74, 6) is -0.375. The fourth-order valence-electron chi connectivity index (χ4n) is 19.7. The molecule has 0 heterocycles. The first kappa shape index (κ1) is 150. The number of benzene rings is 3. The van der Waals surface area contributed by atoms with Crippen molar-refractivity contribution in [3.63, 3.8) is 0 Å². The van der Waals surface area contributed by atoms with Crippen LogP contribution in [-0.4, -0.2) is 152 Å². The summed E-state index contributed by atoms with van der Waals surface area (Å²) in [6, 6.07) is 32.2. The summed E-state index contributed by atoms with van der Waals surface area (Å²) < 4.78 is 39.2. The van der Waals surface area contributed by atoms with Gasteiger partial charge in [0, 0.05) is 56.0 Å². The number of quaternary nitrogens is 3. The number of hydrogen-bond donors (Lipinski definition) is 0. The van der Waals surface area contributed by atoms with Crippen LogP contribution in [0.15, 0.2) is 164 Å². The van der Waals surface area contributed by atoms with Crippen molar-refractivity contribution < 1.29 is 88.7 Å². The lowest BCUT2D eigenvalue weighted by Gasteiger charge is -2.34. The Morgan fingerprint density at radius 1 is 0.233 bits per heavy atom.